The van der Waals surface area contributed by atoms with E-state index in [0.717, 1.165) is 42.0 Å². The lowest BCUT2D eigenvalue weighted by molar-refractivity contribution is 0.0927. The molecule has 1 aliphatic rings. The van der Waals surface area contributed by atoms with Gasteiger partial charge in [-0.15, -0.1) is 11.3 Å². The molecule has 2 heterocycles. The Balaban J connectivity index is 1.45. The summed E-state index contributed by atoms with van der Waals surface area (Å²) in [5, 5.41) is 8.26. The smallest absolute Gasteiger partial charge is 0.257 e. The van der Waals surface area contributed by atoms with Gasteiger partial charge in [-0.1, -0.05) is 25.3 Å². The van der Waals surface area contributed by atoms with Crippen molar-refractivity contribution in [3.8, 4) is 0 Å². The van der Waals surface area contributed by atoms with Gasteiger partial charge in [-0.05, 0) is 74.9 Å². The summed E-state index contributed by atoms with van der Waals surface area (Å²) in [7, 11) is 0. The molecule has 1 aliphatic carbocycles. The summed E-state index contributed by atoms with van der Waals surface area (Å²) in [6.45, 7) is 6.71. The maximum absolute atomic E-state index is 13.0. The largest absolute Gasteiger partial charge is 0.349 e. The second kappa shape index (κ2) is 9.74. The highest BCUT2D eigenvalue weighted by Gasteiger charge is 2.19. The van der Waals surface area contributed by atoms with Crippen LogP contribution in [-0.4, -0.2) is 22.4 Å². The number of carbonyl (C=O) groups is 2. The van der Waals surface area contributed by atoms with Crippen LogP contribution in [0.3, 0.4) is 0 Å². The molecule has 2 N–H and O–H groups in total. The number of anilines is 1. The molecule has 0 aliphatic heterocycles. The van der Waals surface area contributed by atoms with Gasteiger partial charge in [0.15, 0.2) is 0 Å². The molecule has 0 spiro atoms. The number of thiophene rings is 1. The molecule has 1 aromatic carbocycles. The van der Waals surface area contributed by atoms with Crippen LogP contribution in [0, 0.1) is 20.8 Å². The molecule has 0 radical (unpaired) electrons. The molecule has 168 valence electrons. The van der Waals surface area contributed by atoms with Crippen LogP contribution in [-0.2, 0) is 6.54 Å². The molecule has 3 aromatic rings. The number of carbonyl (C=O) groups excluding carboxylic acids is 2. The summed E-state index contributed by atoms with van der Waals surface area (Å²) in [5.74, 6) is -0.159. The highest BCUT2D eigenvalue weighted by Crippen LogP contribution is 2.23. The zero-order chi connectivity index (χ0) is 22.7. The third-order valence-electron chi connectivity index (χ3n) is 6.39. The molecule has 4 rings (SSSR count). The van der Waals surface area contributed by atoms with Crippen LogP contribution in [0.25, 0.3) is 0 Å². The topological polar surface area (TPSA) is 63.1 Å². The molecule has 1 saturated carbocycles. The lowest BCUT2D eigenvalue weighted by Crippen LogP contribution is -2.36. The predicted octanol–water partition coefficient (Wildman–Crippen LogP) is 5.84. The first-order valence-electron chi connectivity index (χ1n) is 11.3. The average molecular weight is 450 g/mol. The zero-order valence-corrected chi connectivity index (χ0v) is 19.8. The highest BCUT2D eigenvalue weighted by molar-refractivity contribution is 7.09. The average Bonchev–Trinajstić information content (AvgIpc) is 3.39. The maximum atomic E-state index is 13.0. The van der Waals surface area contributed by atoms with E-state index in [2.05, 4.69) is 26.6 Å². The van der Waals surface area contributed by atoms with E-state index in [9.17, 15) is 9.59 Å². The van der Waals surface area contributed by atoms with E-state index >= 15 is 0 Å². The van der Waals surface area contributed by atoms with Gasteiger partial charge >= 0.3 is 0 Å². The van der Waals surface area contributed by atoms with Crippen molar-refractivity contribution < 1.29 is 9.59 Å². The predicted molar refractivity (Wildman–Crippen MR) is 131 cm³/mol. The summed E-state index contributed by atoms with van der Waals surface area (Å²) in [5.41, 5.74) is 4.94. The van der Waals surface area contributed by atoms with E-state index in [1.54, 1.807) is 17.4 Å². The zero-order valence-electron chi connectivity index (χ0n) is 19.0. The Morgan fingerprint density at radius 1 is 1.03 bits per heavy atom. The minimum atomic E-state index is -0.127. The molecular formula is C26H31N3O2S. The van der Waals surface area contributed by atoms with Crippen molar-refractivity contribution >= 4 is 28.8 Å². The van der Waals surface area contributed by atoms with Crippen molar-refractivity contribution in [1.82, 2.24) is 9.88 Å². The van der Waals surface area contributed by atoms with Crippen molar-refractivity contribution in [2.75, 3.05) is 5.32 Å². The van der Waals surface area contributed by atoms with Crippen LogP contribution in [0.2, 0.25) is 0 Å². The Morgan fingerprint density at radius 3 is 2.50 bits per heavy atom. The van der Waals surface area contributed by atoms with Gasteiger partial charge in [0.25, 0.3) is 11.8 Å². The second-order valence-corrected chi connectivity index (χ2v) is 9.77. The Labute approximate surface area is 193 Å². The summed E-state index contributed by atoms with van der Waals surface area (Å²) >= 11 is 1.72. The van der Waals surface area contributed by atoms with Gasteiger partial charge in [0, 0.05) is 33.6 Å². The summed E-state index contributed by atoms with van der Waals surface area (Å²) in [6, 6.07) is 11.9. The van der Waals surface area contributed by atoms with Gasteiger partial charge in [-0.3, -0.25) is 9.59 Å². The van der Waals surface area contributed by atoms with Gasteiger partial charge in [-0.2, -0.15) is 0 Å². The monoisotopic (exact) mass is 449 g/mol. The van der Waals surface area contributed by atoms with E-state index < -0.39 is 0 Å². The molecular weight excluding hydrogens is 418 g/mol. The fourth-order valence-corrected chi connectivity index (χ4v) is 5.18. The number of nitrogens with one attached hydrogen (secondary N) is 2. The number of aromatic nitrogens is 1. The number of hydrogen-bond donors (Lipinski definition) is 2. The molecule has 0 atom stereocenters. The lowest BCUT2D eigenvalue weighted by Gasteiger charge is -2.23. The molecule has 0 saturated heterocycles. The third-order valence-corrected chi connectivity index (χ3v) is 7.25. The Bertz CT molecular complexity index is 1110. The number of benzene rings is 1. The van der Waals surface area contributed by atoms with Crippen molar-refractivity contribution in [2.45, 2.75) is 65.5 Å². The van der Waals surface area contributed by atoms with Crippen LogP contribution >= 0.6 is 11.3 Å². The quantitative estimate of drug-likeness (QED) is 0.497. The third kappa shape index (κ3) is 4.96. The molecule has 1 fully saturated rings. The first kappa shape index (κ1) is 22.3. The first-order valence-corrected chi connectivity index (χ1v) is 12.2. The van der Waals surface area contributed by atoms with Crippen LogP contribution in [0.1, 0.15) is 74.6 Å². The van der Waals surface area contributed by atoms with Crippen LogP contribution < -0.4 is 10.6 Å². The number of aryl methyl sites for hydroxylation is 2. The summed E-state index contributed by atoms with van der Waals surface area (Å²) in [6.07, 6.45) is 5.75. The van der Waals surface area contributed by atoms with Gasteiger partial charge < -0.3 is 15.2 Å². The fourth-order valence-electron chi connectivity index (χ4n) is 4.48. The first-order chi connectivity index (χ1) is 15.4. The van der Waals surface area contributed by atoms with Gasteiger partial charge in [0.1, 0.15) is 0 Å². The molecule has 6 heteroatoms. The van der Waals surface area contributed by atoms with Crippen molar-refractivity contribution in [3.05, 3.63) is 74.7 Å². The Morgan fingerprint density at radius 2 is 1.81 bits per heavy atom. The maximum Gasteiger partial charge on any atom is 0.257 e. The van der Waals surface area contributed by atoms with E-state index in [-0.39, 0.29) is 17.9 Å². The number of rotatable bonds is 6. The van der Waals surface area contributed by atoms with Crippen LogP contribution in [0.5, 0.6) is 0 Å². The summed E-state index contributed by atoms with van der Waals surface area (Å²) < 4.78 is 2.17. The fraction of sp³-hybridized carbons (Fsp3) is 0.385. The van der Waals surface area contributed by atoms with E-state index in [4.69, 9.17) is 0 Å². The lowest BCUT2D eigenvalue weighted by atomic mass is 9.95. The molecule has 2 aromatic heterocycles. The van der Waals surface area contributed by atoms with Crippen molar-refractivity contribution in [2.24, 2.45) is 0 Å². The number of amides is 2. The van der Waals surface area contributed by atoms with E-state index in [0.29, 0.717) is 11.1 Å². The van der Waals surface area contributed by atoms with Gasteiger partial charge in [-0.25, -0.2) is 0 Å². The van der Waals surface area contributed by atoms with E-state index in [1.807, 2.05) is 45.0 Å². The minimum absolute atomic E-state index is 0.0324. The van der Waals surface area contributed by atoms with Crippen LogP contribution in [0.4, 0.5) is 5.69 Å². The van der Waals surface area contributed by atoms with Gasteiger partial charge in [0.2, 0.25) is 0 Å². The van der Waals surface area contributed by atoms with Crippen molar-refractivity contribution in [3.63, 3.8) is 0 Å². The molecule has 2 amide bonds. The summed E-state index contributed by atoms with van der Waals surface area (Å²) in [4.78, 5) is 26.9. The SMILES string of the molecule is Cc1cc(C(=O)NC2CCCCC2)ccc1NC(=O)c1cc(C)n(Cc2cccs2)c1C. The molecule has 32 heavy (non-hydrogen) atoms. The van der Waals surface area contributed by atoms with Gasteiger partial charge in [0.05, 0.1) is 12.1 Å². The van der Waals surface area contributed by atoms with Crippen LogP contribution in [0.15, 0.2) is 41.8 Å². The Kier molecular flexibility index (Phi) is 6.80. The van der Waals surface area contributed by atoms with Crippen molar-refractivity contribution in [1.29, 1.82) is 0 Å². The molecule has 0 bridgehead atoms. The second-order valence-electron chi connectivity index (χ2n) is 8.74. The number of nitrogens with zero attached hydrogens (tertiary/aromatic N) is 1. The standard InChI is InChI=1S/C26H31N3O2S/c1-17-14-20(25(30)27-21-8-5-4-6-9-21)11-12-24(17)28-26(31)23-15-18(2)29(19(23)3)16-22-10-7-13-32-22/h7,10-15,21H,4-6,8-9,16H2,1-3H3,(H,27,30)(H,28,31). The Hall–Kier alpha value is -2.86. The molecule has 5 nitrogen and oxygen atoms in total. The normalized spacial score (nSPS) is 14.3. The minimum Gasteiger partial charge on any atom is -0.349 e. The van der Waals surface area contributed by atoms with E-state index in [1.165, 1.54) is 24.1 Å². The molecule has 0 unspecified atom stereocenters. The number of hydrogen-bond acceptors (Lipinski definition) is 3. The highest BCUT2D eigenvalue weighted by atomic mass is 32.1.